The van der Waals surface area contributed by atoms with Crippen LogP contribution in [0.4, 0.5) is 0 Å². The third-order valence-corrected chi connectivity index (χ3v) is 3.64. The van der Waals surface area contributed by atoms with Gasteiger partial charge < -0.3 is 9.84 Å². The van der Waals surface area contributed by atoms with Gasteiger partial charge in [0.25, 0.3) is 0 Å². The third kappa shape index (κ3) is 2.87. The van der Waals surface area contributed by atoms with Gasteiger partial charge in [-0.1, -0.05) is 15.9 Å². The van der Waals surface area contributed by atoms with Crippen LogP contribution in [0, 0.1) is 5.92 Å². The number of carbonyl (C=O) groups is 2. The summed E-state index contributed by atoms with van der Waals surface area (Å²) < 4.78 is 6.06. The number of aliphatic carboxylic acids is 1. The van der Waals surface area contributed by atoms with Crippen LogP contribution >= 0.6 is 15.9 Å². The molecule has 0 amide bonds. The summed E-state index contributed by atoms with van der Waals surface area (Å²) in [6.07, 6.45) is 2.03. The van der Waals surface area contributed by atoms with Gasteiger partial charge in [-0.3, -0.25) is 9.59 Å². The summed E-state index contributed by atoms with van der Waals surface area (Å²) in [7, 11) is 1.52. The number of carboxylic acids is 1. The van der Waals surface area contributed by atoms with Gasteiger partial charge >= 0.3 is 5.97 Å². The molecule has 1 aromatic rings. The number of carboxylic acid groups (broad SMARTS) is 1. The summed E-state index contributed by atoms with van der Waals surface area (Å²) in [5, 5.41) is 9.28. The number of allylic oxidation sites excluding steroid dienone is 1. The Bertz CT molecular complexity index is 563. The van der Waals surface area contributed by atoms with Crippen molar-refractivity contribution in [1.82, 2.24) is 0 Å². The van der Waals surface area contributed by atoms with Gasteiger partial charge in [0, 0.05) is 16.5 Å². The maximum Gasteiger partial charge on any atom is 0.311 e. The predicted octanol–water partition coefficient (Wildman–Crippen LogP) is 2.90. The molecule has 0 saturated heterocycles. The average molecular weight is 325 g/mol. The molecule has 1 aromatic carbocycles. The second-order valence-electron chi connectivity index (χ2n) is 4.34. The molecule has 1 aliphatic carbocycles. The van der Waals surface area contributed by atoms with Crippen molar-refractivity contribution in [3.05, 3.63) is 34.3 Å². The van der Waals surface area contributed by atoms with E-state index in [4.69, 9.17) is 4.74 Å². The molecular weight excluding hydrogens is 312 g/mol. The van der Waals surface area contributed by atoms with E-state index in [0.717, 1.165) is 4.47 Å². The van der Waals surface area contributed by atoms with E-state index >= 15 is 0 Å². The first kappa shape index (κ1) is 13.8. The molecule has 0 radical (unpaired) electrons. The molecule has 0 aliphatic heterocycles. The first-order valence-corrected chi connectivity index (χ1v) is 6.63. The minimum Gasteiger partial charge on any atom is -0.496 e. The standard InChI is InChI=1S/C14H13BrO4/c1-19-13-5-2-8(15)6-12(13)11-7-9(16)3-4-10(11)14(17)18/h2,5-7,10H,3-4H2,1H3,(H,17,18). The summed E-state index contributed by atoms with van der Waals surface area (Å²) in [6, 6.07) is 5.33. The van der Waals surface area contributed by atoms with Gasteiger partial charge in [-0.2, -0.15) is 0 Å². The number of ketones is 1. The summed E-state index contributed by atoms with van der Waals surface area (Å²) >= 11 is 3.35. The number of rotatable bonds is 3. The van der Waals surface area contributed by atoms with Crippen molar-refractivity contribution in [3.8, 4) is 5.75 Å². The molecule has 5 heteroatoms. The maximum atomic E-state index is 11.6. The van der Waals surface area contributed by atoms with Crippen LogP contribution in [0.15, 0.2) is 28.7 Å². The Hall–Kier alpha value is -1.62. The van der Waals surface area contributed by atoms with E-state index in [2.05, 4.69) is 15.9 Å². The fourth-order valence-electron chi connectivity index (χ4n) is 2.22. The Morgan fingerprint density at radius 3 is 2.84 bits per heavy atom. The van der Waals surface area contributed by atoms with Crippen LogP contribution in [0.25, 0.3) is 5.57 Å². The Labute approximate surface area is 119 Å². The Morgan fingerprint density at radius 2 is 2.21 bits per heavy atom. The fraction of sp³-hybridized carbons (Fsp3) is 0.286. The van der Waals surface area contributed by atoms with Crippen LogP contribution in [-0.2, 0) is 9.59 Å². The van der Waals surface area contributed by atoms with Crippen LogP contribution in [-0.4, -0.2) is 24.0 Å². The fourth-order valence-corrected chi connectivity index (χ4v) is 2.58. The first-order chi connectivity index (χ1) is 9.02. The quantitative estimate of drug-likeness (QED) is 0.928. The van der Waals surface area contributed by atoms with Gasteiger partial charge in [-0.25, -0.2) is 0 Å². The van der Waals surface area contributed by atoms with Crippen molar-refractivity contribution in [2.75, 3.05) is 7.11 Å². The van der Waals surface area contributed by atoms with Gasteiger partial charge in [0.15, 0.2) is 5.78 Å². The molecule has 0 bridgehead atoms. The van der Waals surface area contributed by atoms with Crippen molar-refractivity contribution in [2.24, 2.45) is 5.92 Å². The molecule has 0 aromatic heterocycles. The molecule has 19 heavy (non-hydrogen) atoms. The Kier molecular flexibility index (Phi) is 4.04. The number of halogens is 1. The molecule has 0 saturated carbocycles. The summed E-state index contributed by atoms with van der Waals surface area (Å²) in [5.41, 5.74) is 1.17. The highest BCUT2D eigenvalue weighted by atomic mass is 79.9. The monoisotopic (exact) mass is 324 g/mol. The lowest BCUT2D eigenvalue weighted by atomic mass is 9.83. The summed E-state index contributed by atoms with van der Waals surface area (Å²) in [5.74, 6) is -1.06. The molecule has 0 heterocycles. The number of carbonyl (C=O) groups excluding carboxylic acids is 1. The van der Waals surface area contributed by atoms with E-state index < -0.39 is 11.9 Å². The van der Waals surface area contributed by atoms with Crippen molar-refractivity contribution in [2.45, 2.75) is 12.8 Å². The highest BCUT2D eigenvalue weighted by molar-refractivity contribution is 9.10. The zero-order valence-electron chi connectivity index (χ0n) is 10.4. The SMILES string of the molecule is COc1ccc(Br)cc1C1=CC(=O)CCC1C(=O)O. The topological polar surface area (TPSA) is 63.6 Å². The first-order valence-electron chi connectivity index (χ1n) is 5.84. The molecule has 2 rings (SSSR count). The lowest BCUT2D eigenvalue weighted by Gasteiger charge is -2.22. The Morgan fingerprint density at radius 1 is 1.47 bits per heavy atom. The van der Waals surface area contributed by atoms with Gasteiger partial charge in [-0.15, -0.1) is 0 Å². The van der Waals surface area contributed by atoms with Gasteiger partial charge in [0.05, 0.1) is 13.0 Å². The second-order valence-corrected chi connectivity index (χ2v) is 5.26. The molecule has 1 aliphatic rings. The number of benzene rings is 1. The van der Waals surface area contributed by atoms with Crippen LogP contribution in [0.5, 0.6) is 5.75 Å². The van der Waals surface area contributed by atoms with E-state index in [1.807, 2.05) is 6.07 Å². The number of hydrogen-bond acceptors (Lipinski definition) is 3. The summed E-state index contributed by atoms with van der Waals surface area (Å²) in [6.45, 7) is 0. The molecule has 0 fully saturated rings. The second kappa shape index (κ2) is 5.57. The molecule has 100 valence electrons. The van der Waals surface area contributed by atoms with Crippen molar-refractivity contribution >= 4 is 33.3 Å². The molecule has 4 nitrogen and oxygen atoms in total. The highest BCUT2D eigenvalue weighted by Crippen LogP contribution is 2.37. The average Bonchev–Trinajstić information content (AvgIpc) is 2.38. The zero-order valence-corrected chi connectivity index (χ0v) is 11.9. The third-order valence-electron chi connectivity index (χ3n) is 3.14. The number of ether oxygens (including phenoxy) is 1. The van der Waals surface area contributed by atoms with E-state index in [1.165, 1.54) is 13.2 Å². The van der Waals surface area contributed by atoms with Gasteiger partial charge in [-0.05, 0) is 36.3 Å². The van der Waals surface area contributed by atoms with Gasteiger partial charge in [0.2, 0.25) is 0 Å². The minimum absolute atomic E-state index is 0.0467. The Balaban J connectivity index is 2.56. The van der Waals surface area contributed by atoms with E-state index in [1.54, 1.807) is 12.1 Å². The van der Waals surface area contributed by atoms with Crippen LogP contribution in [0.2, 0.25) is 0 Å². The van der Waals surface area contributed by atoms with Crippen molar-refractivity contribution in [3.63, 3.8) is 0 Å². The molecular formula is C14H13BrO4. The molecule has 0 spiro atoms. The lowest BCUT2D eigenvalue weighted by Crippen LogP contribution is -2.21. The van der Waals surface area contributed by atoms with Crippen LogP contribution in [0.1, 0.15) is 18.4 Å². The largest absolute Gasteiger partial charge is 0.496 e. The lowest BCUT2D eigenvalue weighted by molar-refractivity contribution is -0.140. The van der Waals surface area contributed by atoms with Crippen LogP contribution < -0.4 is 4.74 Å². The van der Waals surface area contributed by atoms with Crippen molar-refractivity contribution < 1.29 is 19.4 Å². The molecule has 1 N–H and O–H groups in total. The zero-order chi connectivity index (χ0) is 14.0. The normalized spacial score (nSPS) is 18.9. The van der Waals surface area contributed by atoms with E-state index in [-0.39, 0.29) is 12.2 Å². The molecule has 1 unspecified atom stereocenters. The van der Waals surface area contributed by atoms with E-state index in [0.29, 0.717) is 23.3 Å². The van der Waals surface area contributed by atoms with E-state index in [9.17, 15) is 14.7 Å². The molecule has 1 atom stereocenters. The highest BCUT2D eigenvalue weighted by Gasteiger charge is 2.30. The minimum atomic E-state index is -0.916. The smallest absolute Gasteiger partial charge is 0.311 e. The predicted molar refractivity (Wildman–Crippen MR) is 74.0 cm³/mol. The van der Waals surface area contributed by atoms with Crippen LogP contribution in [0.3, 0.4) is 0 Å². The summed E-state index contributed by atoms with van der Waals surface area (Å²) in [4.78, 5) is 22.9. The maximum absolute atomic E-state index is 11.6. The number of methoxy groups -OCH3 is 1. The van der Waals surface area contributed by atoms with Crippen molar-refractivity contribution in [1.29, 1.82) is 0 Å². The van der Waals surface area contributed by atoms with Gasteiger partial charge in [0.1, 0.15) is 5.75 Å². The number of hydrogen-bond donors (Lipinski definition) is 1.